The Bertz CT molecular complexity index is 1010. The van der Waals surface area contributed by atoms with Gasteiger partial charge in [-0.15, -0.1) is 0 Å². The lowest BCUT2D eigenvalue weighted by atomic mass is 10.0. The van der Waals surface area contributed by atoms with Crippen LogP contribution in [0.2, 0.25) is 0 Å². The maximum atomic E-state index is 13.2. The summed E-state index contributed by atoms with van der Waals surface area (Å²) in [6.45, 7) is 2.54. The Morgan fingerprint density at radius 1 is 1.14 bits per heavy atom. The van der Waals surface area contributed by atoms with Crippen molar-refractivity contribution < 1.29 is 9.59 Å². The van der Waals surface area contributed by atoms with E-state index < -0.39 is 6.04 Å². The summed E-state index contributed by atoms with van der Waals surface area (Å²) < 4.78 is 1.55. The van der Waals surface area contributed by atoms with E-state index in [0.29, 0.717) is 24.1 Å². The van der Waals surface area contributed by atoms with Crippen LogP contribution in [0.1, 0.15) is 39.1 Å². The van der Waals surface area contributed by atoms with E-state index >= 15 is 0 Å². The summed E-state index contributed by atoms with van der Waals surface area (Å²) in [7, 11) is 0. The molecule has 3 heterocycles. The van der Waals surface area contributed by atoms with Gasteiger partial charge in [-0.3, -0.25) is 14.6 Å². The van der Waals surface area contributed by atoms with Gasteiger partial charge in [0.25, 0.3) is 5.91 Å². The molecule has 28 heavy (non-hydrogen) atoms. The summed E-state index contributed by atoms with van der Waals surface area (Å²) in [4.78, 5) is 31.6. The Labute approximate surface area is 162 Å². The molecule has 1 saturated heterocycles. The fraction of sp³-hybridized carbons (Fsp3) is 0.238. The highest BCUT2D eigenvalue weighted by molar-refractivity contribution is 6.07. The van der Waals surface area contributed by atoms with Crippen molar-refractivity contribution in [2.24, 2.45) is 0 Å². The molecule has 4 rings (SSSR count). The van der Waals surface area contributed by atoms with E-state index in [0.717, 1.165) is 17.7 Å². The van der Waals surface area contributed by atoms with E-state index in [1.54, 1.807) is 27.9 Å². The summed E-state index contributed by atoms with van der Waals surface area (Å²) >= 11 is 0. The van der Waals surface area contributed by atoms with Crippen molar-refractivity contribution in [3.05, 3.63) is 71.7 Å². The lowest BCUT2D eigenvalue weighted by Crippen LogP contribution is -2.40. The van der Waals surface area contributed by atoms with Crippen LogP contribution in [0.15, 0.2) is 55.0 Å². The lowest BCUT2D eigenvalue weighted by molar-refractivity contribution is 0.0671. The second-order valence-electron chi connectivity index (χ2n) is 6.95. The highest BCUT2D eigenvalue weighted by atomic mass is 16.2. The van der Waals surface area contributed by atoms with Gasteiger partial charge in [0.15, 0.2) is 5.78 Å². The Morgan fingerprint density at radius 2 is 1.93 bits per heavy atom. The first-order valence-electron chi connectivity index (χ1n) is 9.22. The Hall–Kier alpha value is -3.48. The largest absolute Gasteiger partial charge is 0.383 e. The zero-order valence-corrected chi connectivity index (χ0v) is 15.6. The normalized spacial score (nSPS) is 16.3. The molecule has 0 bridgehead atoms. The molecule has 1 aromatic carbocycles. The number of benzene rings is 1. The number of Topliss-reactive ketones (excluding diaryl/α,β-unsaturated/α-hetero) is 1. The molecular formula is C21H21N5O2. The van der Waals surface area contributed by atoms with Crippen molar-refractivity contribution >= 4 is 17.5 Å². The van der Waals surface area contributed by atoms with Gasteiger partial charge in [0.05, 0.1) is 29.1 Å². The van der Waals surface area contributed by atoms with Gasteiger partial charge < -0.3 is 10.6 Å². The monoisotopic (exact) mass is 375 g/mol. The minimum absolute atomic E-state index is 0.175. The van der Waals surface area contributed by atoms with Crippen LogP contribution in [0.4, 0.5) is 5.82 Å². The minimum atomic E-state index is -0.536. The fourth-order valence-electron chi connectivity index (χ4n) is 3.56. The number of anilines is 1. The smallest absolute Gasteiger partial charge is 0.256 e. The van der Waals surface area contributed by atoms with E-state index in [4.69, 9.17) is 5.73 Å². The number of pyridine rings is 1. The number of amides is 1. The Morgan fingerprint density at radius 3 is 2.64 bits per heavy atom. The molecule has 0 unspecified atom stereocenters. The number of hydrogen-bond acceptors (Lipinski definition) is 5. The summed E-state index contributed by atoms with van der Waals surface area (Å²) in [5, 5.41) is 4.29. The number of rotatable bonds is 4. The number of hydrogen-bond donors (Lipinski definition) is 1. The first-order chi connectivity index (χ1) is 13.6. The maximum Gasteiger partial charge on any atom is 0.256 e. The SMILES string of the molecule is Cc1ccc(-n2ncc(C(=O)[C@H]3CCCN3C(=O)c3cccnc3)c2N)cc1. The van der Waals surface area contributed by atoms with Crippen molar-refractivity contribution in [3.8, 4) is 5.69 Å². The summed E-state index contributed by atoms with van der Waals surface area (Å²) in [5.74, 6) is -0.0754. The number of carbonyl (C=O) groups excluding carboxylic acids is 2. The highest BCUT2D eigenvalue weighted by Crippen LogP contribution is 2.26. The van der Waals surface area contributed by atoms with Crippen molar-refractivity contribution in [2.45, 2.75) is 25.8 Å². The van der Waals surface area contributed by atoms with E-state index in [2.05, 4.69) is 10.1 Å². The third kappa shape index (κ3) is 3.15. The quantitative estimate of drug-likeness (QED) is 0.708. The van der Waals surface area contributed by atoms with Crippen LogP contribution in [-0.2, 0) is 0 Å². The molecule has 3 aromatic rings. The molecule has 1 aliphatic rings. The van der Waals surface area contributed by atoms with Crippen LogP contribution in [-0.4, -0.2) is 43.9 Å². The zero-order valence-electron chi connectivity index (χ0n) is 15.6. The summed E-state index contributed by atoms with van der Waals surface area (Å²) in [5.41, 5.74) is 8.98. The Kier molecular flexibility index (Phi) is 4.65. The number of likely N-dealkylation sites (tertiary alicyclic amines) is 1. The van der Waals surface area contributed by atoms with Gasteiger partial charge in [0.2, 0.25) is 0 Å². The maximum absolute atomic E-state index is 13.2. The van der Waals surface area contributed by atoms with Gasteiger partial charge in [0, 0.05) is 18.9 Å². The average Bonchev–Trinajstić information content (AvgIpc) is 3.35. The molecule has 1 atom stereocenters. The number of ketones is 1. The third-order valence-corrected chi connectivity index (χ3v) is 5.08. The van der Waals surface area contributed by atoms with Crippen molar-refractivity contribution in [3.63, 3.8) is 0 Å². The van der Waals surface area contributed by atoms with Gasteiger partial charge in [-0.1, -0.05) is 17.7 Å². The molecule has 0 aliphatic carbocycles. The van der Waals surface area contributed by atoms with E-state index in [1.165, 1.54) is 12.4 Å². The predicted octanol–water partition coefficient (Wildman–Crippen LogP) is 2.65. The van der Waals surface area contributed by atoms with E-state index in [-0.39, 0.29) is 17.5 Å². The van der Waals surface area contributed by atoms with Crippen LogP contribution < -0.4 is 5.73 Å². The molecule has 2 aromatic heterocycles. The molecule has 1 amide bonds. The number of aryl methyl sites for hydroxylation is 1. The highest BCUT2D eigenvalue weighted by Gasteiger charge is 2.36. The molecule has 1 aliphatic heterocycles. The topological polar surface area (TPSA) is 94.1 Å². The second-order valence-corrected chi connectivity index (χ2v) is 6.95. The molecule has 0 spiro atoms. The first kappa shape index (κ1) is 17.9. The van der Waals surface area contributed by atoms with E-state index in [9.17, 15) is 9.59 Å². The van der Waals surface area contributed by atoms with Crippen LogP contribution in [0.3, 0.4) is 0 Å². The molecule has 2 N–H and O–H groups in total. The van der Waals surface area contributed by atoms with Crippen LogP contribution >= 0.6 is 0 Å². The summed E-state index contributed by atoms with van der Waals surface area (Å²) in [6, 6.07) is 10.6. The van der Waals surface area contributed by atoms with Crippen molar-refractivity contribution in [1.82, 2.24) is 19.7 Å². The lowest BCUT2D eigenvalue weighted by Gasteiger charge is -2.23. The second kappa shape index (κ2) is 7.26. The van der Waals surface area contributed by atoms with Gasteiger partial charge in [-0.05, 0) is 44.0 Å². The molecule has 0 saturated carbocycles. The number of carbonyl (C=O) groups is 2. The molecular weight excluding hydrogens is 354 g/mol. The van der Waals surface area contributed by atoms with Crippen molar-refractivity contribution in [1.29, 1.82) is 0 Å². The molecule has 142 valence electrons. The van der Waals surface area contributed by atoms with Gasteiger partial charge in [-0.2, -0.15) is 5.10 Å². The molecule has 0 radical (unpaired) electrons. The van der Waals surface area contributed by atoms with E-state index in [1.807, 2.05) is 31.2 Å². The summed E-state index contributed by atoms with van der Waals surface area (Å²) in [6.07, 6.45) is 6.01. The van der Waals surface area contributed by atoms with Gasteiger partial charge in [-0.25, -0.2) is 4.68 Å². The number of aromatic nitrogens is 3. The Balaban J connectivity index is 1.60. The van der Waals surface area contributed by atoms with Gasteiger partial charge >= 0.3 is 0 Å². The standard InChI is InChI=1S/C21H21N5O2/c1-14-6-8-16(9-7-14)26-20(22)17(13-24-26)19(27)18-5-3-11-25(18)21(28)15-4-2-10-23-12-15/h2,4,6-10,12-13,18H,3,5,11,22H2,1H3/t18-/m1/s1. The fourth-order valence-corrected chi connectivity index (χ4v) is 3.56. The average molecular weight is 375 g/mol. The number of nitrogens with two attached hydrogens (primary N) is 1. The van der Waals surface area contributed by atoms with Crippen LogP contribution in [0.5, 0.6) is 0 Å². The third-order valence-electron chi connectivity index (χ3n) is 5.08. The van der Waals surface area contributed by atoms with Crippen LogP contribution in [0, 0.1) is 6.92 Å². The minimum Gasteiger partial charge on any atom is -0.383 e. The first-order valence-corrected chi connectivity index (χ1v) is 9.22. The zero-order chi connectivity index (χ0) is 19.7. The number of nitrogens with zero attached hydrogens (tertiary/aromatic N) is 4. The molecule has 1 fully saturated rings. The predicted molar refractivity (Wildman–Crippen MR) is 105 cm³/mol. The molecule has 7 nitrogen and oxygen atoms in total. The van der Waals surface area contributed by atoms with Crippen LogP contribution in [0.25, 0.3) is 5.69 Å². The van der Waals surface area contributed by atoms with Crippen molar-refractivity contribution in [2.75, 3.05) is 12.3 Å². The number of nitrogen functional groups attached to an aromatic ring is 1. The molecule has 7 heteroatoms. The van der Waals surface area contributed by atoms with Gasteiger partial charge in [0.1, 0.15) is 5.82 Å².